The molecular formula is C7H17O2P. The van der Waals surface area contributed by atoms with Gasteiger partial charge >= 0.3 is 0 Å². The average Bonchev–Trinajstić information content (AvgIpc) is 1.86. The van der Waals surface area contributed by atoms with Crippen molar-refractivity contribution in [2.75, 3.05) is 13.7 Å². The van der Waals surface area contributed by atoms with E-state index in [9.17, 15) is 0 Å². The van der Waals surface area contributed by atoms with Crippen LogP contribution in [0.25, 0.3) is 0 Å². The van der Waals surface area contributed by atoms with Crippen LogP contribution < -0.4 is 0 Å². The van der Waals surface area contributed by atoms with Crippen LogP contribution >= 0.6 is 9.47 Å². The molecule has 10 heavy (non-hydrogen) atoms. The molecule has 2 atom stereocenters. The maximum Gasteiger partial charge on any atom is 0.0810 e. The lowest BCUT2D eigenvalue weighted by atomic mass is 10.1. The maximum absolute atomic E-state index is 5.16. The molecule has 0 rings (SSSR count). The Morgan fingerprint density at radius 3 is 2.30 bits per heavy atom. The molecule has 0 aliphatic rings. The van der Waals surface area contributed by atoms with Crippen LogP contribution in [0.2, 0.25) is 0 Å². The van der Waals surface area contributed by atoms with Gasteiger partial charge in [-0.3, -0.25) is 0 Å². The first-order chi connectivity index (χ1) is 4.70. The number of ether oxygens (including phenoxy) is 1. The van der Waals surface area contributed by atoms with E-state index in [1.165, 1.54) is 0 Å². The van der Waals surface area contributed by atoms with Crippen molar-refractivity contribution in [2.24, 2.45) is 5.92 Å². The first-order valence-electron chi connectivity index (χ1n) is 3.55. The molecule has 0 aromatic heterocycles. The van der Waals surface area contributed by atoms with Crippen molar-refractivity contribution in [3.05, 3.63) is 0 Å². The standard InChI is InChI=1S/C7H17O2P/c1-6(2)4-7(8-3)5-9-10/h6-7H,4-5,10H2,1-3H3/t7-/m0/s1. The molecule has 2 nitrogen and oxygen atoms in total. The van der Waals surface area contributed by atoms with Gasteiger partial charge in [-0.1, -0.05) is 13.8 Å². The van der Waals surface area contributed by atoms with E-state index in [0.29, 0.717) is 12.5 Å². The Kier molecular flexibility index (Phi) is 6.30. The number of hydrogen-bond donors (Lipinski definition) is 0. The summed E-state index contributed by atoms with van der Waals surface area (Å²) in [5.74, 6) is 0.671. The monoisotopic (exact) mass is 164 g/mol. The summed E-state index contributed by atoms with van der Waals surface area (Å²) >= 11 is 0. The molecule has 0 aromatic rings. The summed E-state index contributed by atoms with van der Waals surface area (Å²) in [6.07, 6.45) is 1.31. The molecule has 0 aromatic carbocycles. The maximum atomic E-state index is 5.16. The highest BCUT2D eigenvalue weighted by atomic mass is 31.0. The van der Waals surface area contributed by atoms with Crippen molar-refractivity contribution >= 4 is 9.47 Å². The highest BCUT2D eigenvalue weighted by Crippen LogP contribution is 2.08. The summed E-state index contributed by atoms with van der Waals surface area (Å²) in [6.45, 7) is 5.02. The third-order valence-corrected chi connectivity index (χ3v) is 1.54. The Labute approximate surface area is 65.6 Å². The van der Waals surface area contributed by atoms with E-state index >= 15 is 0 Å². The van der Waals surface area contributed by atoms with Crippen molar-refractivity contribution in [3.8, 4) is 0 Å². The summed E-state index contributed by atoms with van der Waals surface area (Å²) in [5, 5.41) is 0. The summed E-state index contributed by atoms with van der Waals surface area (Å²) in [7, 11) is 3.95. The van der Waals surface area contributed by atoms with Gasteiger partial charge in [0.1, 0.15) is 0 Å². The number of rotatable bonds is 5. The molecule has 0 saturated heterocycles. The zero-order chi connectivity index (χ0) is 7.98. The molecule has 0 fully saturated rings. The molecule has 3 heteroatoms. The van der Waals surface area contributed by atoms with Crippen LogP contribution in [0.1, 0.15) is 20.3 Å². The largest absolute Gasteiger partial charge is 0.379 e. The lowest BCUT2D eigenvalue weighted by molar-refractivity contribution is 0.0494. The zero-order valence-corrected chi connectivity index (χ0v) is 8.12. The van der Waals surface area contributed by atoms with E-state index in [-0.39, 0.29) is 6.10 Å². The Bertz CT molecular complexity index is 76.0. The second-order valence-electron chi connectivity index (χ2n) is 2.82. The van der Waals surface area contributed by atoms with E-state index in [4.69, 9.17) is 9.26 Å². The molecule has 0 aliphatic carbocycles. The van der Waals surface area contributed by atoms with Crippen molar-refractivity contribution in [1.29, 1.82) is 0 Å². The fourth-order valence-electron chi connectivity index (χ4n) is 0.865. The lowest BCUT2D eigenvalue weighted by Gasteiger charge is -2.15. The van der Waals surface area contributed by atoms with E-state index in [1.807, 2.05) is 0 Å². The molecule has 0 spiro atoms. The van der Waals surface area contributed by atoms with Crippen LogP contribution in [-0.4, -0.2) is 19.8 Å². The lowest BCUT2D eigenvalue weighted by Crippen LogP contribution is -2.18. The summed E-state index contributed by atoms with van der Waals surface area (Å²) in [4.78, 5) is 0. The Hall–Kier alpha value is 0.350. The van der Waals surface area contributed by atoms with E-state index in [2.05, 4.69) is 23.3 Å². The van der Waals surface area contributed by atoms with E-state index in [1.54, 1.807) is 7.11 Å². The van der Waals surface area contributed by atoms with Crippen LogP contribution in [0.15, 0.2) is 0 Å². The molecule has 0 aliphatic heterocycles. The minimum absolute atomic E-state index is 0.248. The summed E-state index contributed by atoms with van der Waals surface area (Å²) in [6, 6.07) is 0. The highest BCUT2D eigenvalue weighted by Gasteiger charge is 2.08. The topological polar surface area (TPSA) is 18.5 Å². The van der Waals surface area contributed by atoms with Crippen LogP contribution in [0.3, 0.4) is 0 Å². The SMILES string of the molecule is CO[C@H](COP)CC(C)C. The third kappa shape index (κ3) is 5.16. The molecule has 0 heterocycles. The first kappa shape index (κ1) is 10.3. The van der Waals surface area contributed by atoms with Gasteiger partial charge in [0, 0.05) is 16.6 Å². The van der Waals surface area contributed by atoms with Crippen LogP contribution in [-0.2, 0) is 9.26 Å². The van der Waals surface area contributed by atoms with Gasteiger partial charge in [-0.2, -0.15) is 0 Å². The predicted molar refractivity (Wildman–Crippen MR) is 45.9 cm³/mol. The van der Waals surface area contributed by atoms with Crippen molar-refractivity contribution in [2.45, 2.75) is 26.4 Å². The molecule has 0 N–H and O–H groups in total. The smallest absolute Gasteiger partial charge is 0.0810 e. The quantitative estimate of drug-likeness (QED) is 0.577. The fourth-order valence-corrected chi connectivity index (χ4v) is 1.08. The van der Waals surface area contributed by atoms with Gasteiger partial charge in [-0.05, 0) is 12.3 Å². The second kappa shape index (κ2) is 6.09. The molecule has 1 unspecified atom stereocenters. The molecule has 62 valence electrons. The molecular weight excluding hydrogens is 147 g/mol. The summed E-state index contributed by atoms with van der Waals surface area (Å²) < 4.78 is 10.1. The number of hydrogen-bond acceptors (Lipinski definition) is 2. The molecule has 0 amide bonds. The van der Waals surface area contributed by atoms with E-state index in [0.717, 1.165) is 6.42 Å². The number of methoxy groups -OCH3 is 1. The van der Waals surface area contributed by atoms with Gasteiger partial charge in [0.15, 0.2) is 0 Å². The van der Waals surface area contributed by atoms with Gasteiger partial charge in [0.05, 0.1) is 12.7 Å². The molecule has 0 bridgehead atoms. The Morgan fingerprint density at radius 2 is 2.00 bits per heavy atom. The van der Waals surface area contributed by atoms with Gasteiger partial charge in [0.2, 0.25) is 0 Å². The van der Waals surface area contributed by atoms with Crippen LogP contribution in [0.4, 0.5) is 0 Å². The minimum atomic E-state index is 0.248. The normalized spacial score (nSPS) is 14.1. The zero-order valence-electron chi connectivity index (χ0n) is 6.96. The second-order valence-corrected chi connectivity index (χ2v) is 3.15. The first-order valence-corrected chi connectivity index (χ1v) is 4.02. The average molecular weight is 164 g/mol. The van der Waals surface area contributed by atoms with Crippen molar-refractivity contribution in [1.82, 2.24) is 0 Å². The predicted octanol–water partition coefficient (Wildman–Crippen LogP) is 1.85. The van der Waals surface area contributed by atoms with Gasteiger partial charge in [0.25, 0.3) is 0 Å². The van der Waals surface area contributed by atoms with Crippen LogP contribution in [0.5, 0.6) is 0 Å². The van der Waals surface area contributed by atoms with Crippen molar-refractivity contribution in [3.63, 3.8) is 0 Å². The Balaban J connectivity index is 3.39. The van der Waals surface area contributed by atoms with Crippen LogP contribution in [0, 0.1) is 5.92 Å². The van der Waals surface area contributed by atoms with Gasteiger partial charge < -0.3 is 9.26 Å². The summed E-state index contributed by atoms with van der Waals surface area (Å²) in [5.41, 5.74) is 0. The molecule has 0 saturated carbocycles. The highest BCUT2D eigenvalue weighted by molar-refractivity contribution is 7.09. The van der Waals surface area contributed by atoms with Gasteiger partial charge in [-0.25, -0.2) is 0 Å². The Morgan fingerprint density at radius 1 is 1.40 bits per heavy atom. The minimum Gasteiger partial charge on any atom is -0.379 e. The third-order valence-electron chi connectivity index (χ3n) is 1.35. The van der Waals surface area contributed by atoms with Gasteiger partial charge in [-0.15, -0.1) is 0 Å². The van der Waals surface area contributed by atoms with E-state index < -0.39 is 0 Å². The fraction of sp³-hybridized carbons (Fsp3) is 1.00. The van der Waals surface area contributed by atoms with Crippen molar-refractivity contribution < 1.29 is 9.26 Å². The molecule has 0 radical (unpaired) electrons.